The van der Waals surface area contributed by atoms with Crippen molar-refractivity contribution in [3.05, 3.63) is 58.4 Å². The lowest BCUT2D eigenvalue weighted by Crippen LogP contribution is -2.44. The molecule has 1 N–H and O–H groups in total. The predicted molar refractivity (Wildman–Crippen MR) is 112 cm³/mol. The molecule has 4 nitrogen and oxygen atoms in total. The monoisotopic (exact) mass is 439 g/mol. The molecular weight excluding hydrogens is 415 g/mol. The Labute approximate surface area is 179 Å². The number of aromatic nitrogens is 1. The van der Waals surface area contributed by atoms with Gasteiger partial charge in [0.1, 0.15) is 0 Å². The van der Waals surface area contributed by atoms with Crippen LogP contribution >= 0.6 is 11.6 Å². The Kier molecular flexibility index (Phi) is 6.05. The molecule has 1 heterocycles. The maximum absolute atomic E-state index is 13.8. The van der Waals surface area contributed by atoms with Gasteiger partial charge in [0.25, 0.3) is 0 Å². The minimum Gasteiger partial charge on any atom is -0.380 e. The molecule has 1 amide bonds. The Balaban J connectivity index is 1.76. The van der Waals surface area contributed by atoms with Crippen molar-refractivity contribution in [3.8, 4) is 0 Å². The number of amides is 1. The van der Waals surface area contributed by atoms with Crippen LogP contribution in [-0.4, -0.2) is 35.1 Å². The molecule has 30 heavy (non-hydrogen) atoms. The molecule has 1 aliphatic rings. The number of alkyl halides is 3. The first-order valence-corrected chi connectivity index (χ1v) is 10.1. The molecule has 2 unspecified atom stereocenters. The number of carbonyl (C=O) groups is 1. The summed E-state index contributed by atoms with van der Waals surface area (Å²) in [6.45, 7) is 4.77. The number of nitrogens with one attached hydrogen (secondary N) is 1. The summed E-state index contributed by atoms with van der Waals surface area (Å²) >= 11 is 6.24. The van der Waals surface area contributed by atoms with Gasteiger partial charge in [-0.1, -0.05) is 44.5 Å². The van der Waals surface area contributed by atoms with Crippen molar-refractivity contribution < 1.29 is 18.0 Å². The molecular formula is C22H25ClF3N3O. The molecule has 1 aromatic heterocycles. The molecule has 2 atom stereocenters. The summed E-state index contributed by atoms with van der Waals surface area (Å²) < 4.78 is 41.3. The van der Waals surface area contributed by atoms with Gasteiger partial charge in [0.2, 0.25) is 5.91 Å². The second-order valence-corrected chi connectivity index (χ2v) is 9.12. The molecule has 0 saturated carbocycles. The molecule has 0 spiro atoms. The number of anilines is 1. The maximum Gasteiger partial charge on any atom is 0.414 e. The molecule has 1 aliphatic carbocycles. The number of carbonyl (C=O) groups excluding carboxylic acids is 1. The standard InChI is InChI=1S/C22H25ClF3N3O/c1-21(2,3)20(30)29(4)19(22(24,25)26)18-9-8-14(12-27-18)28-15-10-13-6-5-7-17(23)16(13)11-15/h5-9,12,15,19,28H,10-11H2,1-4H3. The fraction of sp³-hybridized carbons (Fsp3) is 0.455. The summed E-state index contributed by atoms with van der Waals surface area (Å²) in [5.41, 5.74) is 1.74. The molecule has 0 aliphatic heterocycles. The van der Waals surface area contributed by atoms with Crippen molar-refractivity contribution in [2.75, 3.05) is 12.4 Å². The van der Waals surface area contributed by atoms with Gasteiger partial charge in [-0.2, -0.15) is 13.2 Å². The van der Waals surface area contributed by atoms with E-state index in [1.807, 2.05) is 18.2 Å². The van der Waals surface area contributed by atoms with E-state index in [0.29, 0.717) is 5.69 Å². The van der Waals surface area contributed by atoms with Crippen LogP contribution in [0.2, 0.25) is 5.02 Å². The molecule has 0 saturated heterocycles. The number of pyridine rings is 1. The Hall–Kier alpha value is -2.28. The Morgan fingerprint density at radius 3 is 2.43 bits per heavy atom. The van der Waals surface area contributed by atoms with E-state index >= 15 is 0 Å². The lowest BCUT2D eigenvalue weighted by Gasteiger charge is -2.33. The Morgan fingerprint density at radius 1 is 1.20 bits per heavy atom. The minimum absolute atomic E-state index is 0.0936. The fourth-order valence-corrected chi connectivity index (χ4v) is 4.10. The first kappa shape index (κ1) is 22.4. The zero-order valence-corrected chi connectivity index (χ0v) is 18.1. The largest absolute Gasteiger partial charge is 0.414 e. The van der Waals surface area contributed by atoms with Gasteiger partial charge < -0.3 is 10.2 Å². The van der Waals surface area contributed by atoms with Gasteiger partial charge in [0.15, 0.2) is 6.04 Å². The zero-order chi connectivity index (χ0) is 22.3. The highest BCUT2D eigenvalue weighted by Crippen LogP contribution is 2.38. The SMILES string of the molecule is CN(C(=O)C(C)(C)C)C(c1ccc(NC2Cc3cccc(Cl)c3C2)cn1)C(F)(F)F. The van der Waals surface area contributed by atoms with E-state index in [1.54, 1.807) is 26.8 Å². The van der Waals surface area contributed by atoms with Crippen LogP contribution in [0.3, 0.4) is 0 Å². The van der Waals surface area contributed by atoms with Crippen LogP contribution < -0.4 is 5.32 Å². The second kappa shape index (κ2) is 8.10. The van der Waals surface area contributed by atoms with Crippen LogP contribution in [0.1, 0.15) is 43.6 Å². The van der Waals surface area contributed by atoms with E-state index in [-0.39, 0.29) is 11.7 Å². The molecule has 0 radical (unpaired) electrons. The average molecular weight is 440 g/mol. The number of hydrogen-bond donors (Lipinski definition) is 1. The number of nitrogens with zero attached hydrogens (tertiary/aromatic N) is 2. The van der Waals surface area contributed by atoms with E-state index in [2.05, 4.69) is 10.3 Å². The van der Waals surface area contributed by atoms with Gasteiger partial charge in [0, 0.05) is 23.5 Å². The van der Waals surface area contributed by atoms with Crippen molar-refractivity contribution in [2.45, 2.75) is 51.9 Å². The summed E-state index contributed by atoms with van der Waals surface area (Å²) in [6, 6.07) is 6.67. The van der Waals surface area contributed by atoms with Crippen LogP contribution in [-0.2, 0) is 17.6 Å². The van der Waals surface area contributed by atoms with Gasteiger partial charge in [-0.25, -0.2) is 0 Å². The quantitative estimate of drug-likeness (QED) is 0.691. The van der Waals surface area contributed by atoms with Crippen molar-refractivity contribution in [1.82, 2.24) is 9.88 Å². The van der Waals surface area contributed by atoms with Gasteiger partial charge >= 0.3 is 6.18 Å². The first-order valence-electron chi connectivity index (χ1n) is 9.70. The second-order valence-electron chi connectivity index (χ2n) is 8.71. The third kappa shape index (κ3) is 4.72. The van der Waals surface area contributed by atoms with Crippen molar-refractivity contribution in [2.24, 2.45) is 5.41 Å². The molecule has 3 rings (SSSR count). The van der Waals surface area contributed by atoms with E-state index in [0.717, 1.165) is 28.3 Å². The van der Waals surface area contributed by atoms with Crippen LogP contribution in [0.5, 0.6) is 0 Å². The Morgan fingerprint density at radius 2 is 1.90 bits per heavy atom. The summed E-state index contributed by atoms with van der Waals surface area (Å²) in [5.74, 6) is -0.602. The average Bonchev–Trinajstić information content (AvgIpc) is 3.04. The van der Waals surface area contributed by atoms with Crippen LogP contribution in [0.15, 0.2) is 36.5 Å². The lowest BCUT2D eigenvalue weighted by molar-refractivity contribution is -0.192. The number of rotatable bonds is 4. The highest BCUT2D eigenvalue weighted by atomic mass is 35.5. The van der Waals surface area contributed by atoms with Gasteiger partial charge in [-0.05, 0) is 42.2 Å². The summed E-state index contributed by atoms with van der Waals surface area (Å²) in [7, 11) is 1.17. The van der Waals surface area contributed by atoms with Gasteiger partial charge in [0.05, 0.1) is 17.6 Å². The number of fused-ring (bicyclic) bond motifs is 1. The number of hydrogen-bond acceptors (Lipinski definition) is 3. The summed E-state index contributed by atoms with van der Waals surface area (Å²) in [4.78, 5) is 17.2. The highest BCUT2D eigenvalue weighted by molar-refractivity contribution is 6.31. The van der Waals surface area contributed by atoms with Crippen LogP contribution in [0.4, 0.5) is 18.9 Å². The van der Waals surface area contributed by atoms with E-state index in [9.17, 15) is 18.0 Å². The topological polar surface area (TPSA) is 45.2 Å². The molecule has 2 aromatic rings. The van der Waals surface area contributed by atoms with Crippen molar-refractivity contribution in [3.63, 3.8) is 0 Å². The smallest absolute Gasteiger partial charge is 0.380 e. The molecule has 0 bridgehead atoms. The predicted octanol–water partition coefficient (Wildman–Crippen LogP) is 5.42. The fourth-order valence-electron chi connectivity index (χ4n) is 3.83. The van der Waals surface area contributed by atoms with Gasteiger partial charge in [-0.15, -0.1) is 0 Å². The normalized spacial score (nSPS) is 17.4. The van der Waals surface area contributed by atoms with Crippen LogP contribution in [0, 0.1) is 5.41 Å². The minimum atomic E-state index is -4.64. The first-order chi connectivity index (χ1) is 13.9. The van der Waals surface area contributed by atoms with Crippen LogP contribution in [0.25, 0.3) is 0 Å². The highest BCUT2D eigenvalue weighted by Gasteiger charge is 2.47. The van der Waals surface area contributed by atoms with E-state index in [4.69, 9.17) is 11.6 Å². The summed E-state index contributed by atoms with van der Waals surface area (Å²) in [6.07, 6.45) is -1.73. The maximum atomic E-state index is 13.8. The van der Waals surface area contributed by atoms with Crippen molar-refractivity contribution >= 4 is 23.2 Å². The van der Waals surface area contributed by atoms with Gasteiger partial charge in [-0.3, -0.25) is 9.78 Å². The third-order valence-electron chi connectivity index (χ3n) is 5.23. The zero-order valence-electron chi connectivity index (χ0n) is 17.3. The van der Waals surface area contributed by atoms with E-state index in [1.165, 1.54) is 24.9 Å². The molecule has 8 heteroatoms. The van der Waals surface area contributed by atoms with Crippen molar-refractivity contribution in [1.29, 1.82) is 0 Å². The lowest BCUT2D eigenvalue weighted by atomic mass is 9.93. The molecule has 1 aromatic carbocycles. The summed E-state index contributed by atoms with van der Waals surface area (Å²) in [5, 5.41) is 4.04. The third-order valence-corrected chi connectivity index (χ3v) is 5.58. The Bertz CT molecular complexity index is 923. The number of halogens is 4. The van der Waals surface area contributed by atoms with E-state index < -0.39 is 23.5 Å². The molecule has 162 valence electrons. The molecule has 0 fully saturated rings. The number of benzene rings is 1.